The maximum Gasteiger partial charge on any atom is 0.255 e. The van der Waals surface area contributed by atoms with Gasteiger partial charge < -0.3 is 4.90 Å². The van der Waals surface area contributed by atoms with Gasteiger partial charge in [-0.15, -0.1) is 0 Å². The molecular weight excluding hydrogens is 276 g/mol. The molecule has 5 nitrogen and oxygen atoms in total. The second-order valence-electron chi connectivity index (χ2n) is 5.99. The molecule has 0 unspecified atom stereocenters. The van der Waals surface area contributed by atoms with Gasteiger partial charge in [-0.3, -0.25) is 4.79 Å². The van der Waals surface area contributed by atoms with E-state index >= 15 is 0 Å². The molecule has 22 heavy (non-hydrogen) atoms. The topological polar surface area (TPSA) is 51.0 Å². The van der Waals surface area contributed by atoms with Crippen LogP contribution in [-0.2, 0) is 0 Å². The van der Waals surface area contributed by atoms with Crippen LogP contribution in [0.15, 0.2) is 24.4 Å². The summed E-state index contributed by atoms with van der Waals surface area (Å²) in [5.41, 5.74) is 3.17. The Morgan fingerprint density at radius 3 is 2.68 bits per heavy atom. The first kappa shape index (κ1) is 16.2. The number of aromatic nitrogens is 3. The molecule has 5 heteroatoms. The van der Waals surface area contributed by atoms with Crippen LogP contribution in [0.4, 0.5) is 0 Å². The molecule has 0 bridgehead atoms. The van der Waals surface area contributed by atoms with Gasteiger partial charge in [0.25, 0.3) is 5.91 Å². The monoisotopic (exact) mass is 300 g/mol. The van der Waals surface area contributed by atoms with Crippen LogP contribution in [0.1, 0.15) is 49.8 Å². The van der Waals surface area contributed by atoms with Gasteiger partial charge in [-0.05, 0) is 40.7 Å². The lowest BCUT2D eigenvalue weighted by atomic mass is 10.1. The summed E-state index contributed by atoms with van der Waals surface area (Å²) in [6.45, 7) is 15.0. The fraction of sp³-hybridized carbons (Fsp3) is 0.471. The first-order chi connectivity index (χ1) is 10.3. The molecule has 2 heterocycles. The highest BCUT2D eigenvalue weighted by atomic mass is 16.2. The number of amides is 1. The zero-order valence-electron chi connectivity index (χ0n) is 14.1. The lowest BCUT2D eigenvalue weighted by molar-refractivity contribution is 0.0777. The minimum absolute atomic E-state index is 0.00491. The average Bonchev–Trinajstić information content (AvgIpc) is 2.85. The number of rotatable bonds is 5. The number of likely N-dealkylation sites (N-methyl/N-ethyl adjacent to an activating group) is 1. The van der Waals surface area contributed by atoms with E-state index in [9.17, 15) is 4.79 Å². The Morgan fingerprint density at radius 2 is 2.14 bits per heavy atom. The fourth-order valence-electron chi connectivity index (χ4n) is 2.48. The third-order valence-corrected chi connectivity index (χ3v) is 3.61. The Labute approximate surface area is 131 Å². The second-order valence-corrected chi connectivity index (χ2v) is 5.99. The van der Waals surface area contributed by atoms with Gasteiger partial charge in [0.2, 0.25) is 0 Å². The van der Waals surface area contributed by atoms with Crippen molar-refractivity contribution in [3.05, 3.63) is 35.7 Å². The van der Waals surface area contributed by atoms with Crippen molar-refractivity contribution in [1.82, 2.24) is 19.7 Å². The van der Waals surface area contributed by atoms with Crippen LogP contribution in [-0.4, -0.2) is 38.7 Å². The lowest BCUT2D eigenvalue weighted by Gasteiger charge is -2.21. The van der Waals surface area contributed by atoms with E-state index < -0.39 is 0 Å². The van der Waals surface area contributed by atoms with Crippen LogP contribution >= 0.6 is 0 Å². The molecule has 0 aromatic carbocycles. The first-order valence-corrected chi connectivity index (χ1v) is 7.63. The number of nitrogens with zero attached hydrogens (tertiary/aromatic N) is 4. The van der Waals surface area contributed by atoms with Crippen LogP contribution in [0, 0.1) is 6.92 Å². The largest absolute Gasteiger partial charge is 0.335 e. The van der Waals surface area contributed by atoms with Crippen molar-refractivity contribution < 1.29 is 4.79 Å². The van der Waals surface area contributed by atoms with Crippen molar-refractivity contribution in [2.24, 2.45) is 0 Å². The van der Waals surface area contributed by atoms with Gasteiger partial charge in [0, 0.05) is 24.5 Å². The molecule has 0 saturated carbocycles. The molecule has 0 aliphatic rings. The minimum Gasteiger partial charge on any atom is -0.335 e. The maximum absolute atomic E-state index is 12.7. The summed E-state index contributed by atoms with van der Waals surface area (Å²) in [5, 5.41) is 5.26. The van der Waals surface area contributed by atoms with Gasteiger partial charge in [-0.2, -0.15) is 5.10 Å². The van der Waals surface area contributed by atoms with Gasteiger partial charge in [0.05, 0.1) is 17.5 Å². The number of carbonyl (C=O) groups is 1. The van der Waals surface area contributed by atoms with Crippen LogP contribution in [0.25, 0.3) is 11.0 Å². The maximum atomic E-state index is 12.7. The number of hydrogen-bond acceptors (Lipinski definition) is 3. The van der Waals surface area contributed by atoms with E-state index in [1.165, 1.54) is 0 Å². The predicted octanol–water partition coefficient (Wildman–Crippen LogP) is 3.36. The van der Waals surface area contributed by atoms with Gasteiger partial charge in [0.1, 0.15) is 0 Å². The summed E-state index contributed by atoms with van der Waals surface area (Å²) in [6, 6.07) is 2.13. The standard InChI is InChI=1S/C17H24N4O/c1-7-20(10-11(2)3)17(22)15-8-14-9-18-21(12(4)5)16(14)19-13(15)6/h8-9,12H,2,7,10H2,1,3-6H3. The van der Waals surface area contributed by atoms with E-state index in [-0.39, 0.29) is 11.9 Å². The van der Waals surface area contributed by atoms with Gasteiger partial charge in [-0.25, -0.2) is 9.67 Å². The lowest BCUT2D eigenvalue weighted by Crippen LogP contribution is -2.32. The molecule has 0 fully saturated rings. The summed E-state index contributed by atoms with van der Waals surface area (Å²) in [4.78, 5) is 19.1. The highest BCUT2D eigenvalue weighted by Crippen LogP contribution is 2.20. The van der Waals surface area contributed by atoms with Crippen molar-refractivity contribution in [3.8, 4) is 0 Å². The van der Waals surface area contributed by atoms with Crippen molar-refractivity contribution in [1.29, 1.82) is 0 Å². The zero-order valence-corrected chi connectivity index (χ0v) is 14.1. The Morgan fingerprint density at radius 1 is 1.45 bits per heavy atom. The normalized spacial score (nSPS) is 11.2. The number of hydrogen-bond donors (Lipinski definition) is 0. The second kappa shape index (κ2) is 6.30. The Bertz CT molecular complexity index is 715. The smallest absolute Gasteiger partial charge is 0.255 e. The number of fused-ring (bicyclic) bond motifs is 1. The Balaban J connectivity index is 2.45. The molecular formula is C17H24N4O. The number of carbonyl (C=O) groups excluding carboxylic acids is 1. The molecule has 2 aromatic rings. The molecule has 0 aliphatic heterocycles. The van der Waals surface area contributed by atoms with Gasteiger partial charge in [0.15, 0.2) is 5.65 Å². The molecule has 0 spiro atoms. The van der Waals surface area contributed by atoms with Crippen LogP contribution < -0.4 is 0 Å². The average molecular weight is 300 g/mol. The molecule has 0 atom stereocenters. The molecule has 2 aromatic heterocycles. The van der Waals surface area contributed by atoms with E-state index in [0.717, 1.165) is 22.3 Å². The summed E-state index contributed by atoms with van der Waals surface area (Å²) in [7, 11) is 0. The zero-order chi connectivity index (χ0) is 16.4. The molecule has 2 rings (SSSR count). The highest BCUT2D eigenvalue weighted by molar-refractivity contribution is 5.98. The summed E-state index contributed by atoms with van der Waals surface area (Å²) in [6.07, 6.45) is 1.77. The van der Waals surface area contributed by atoms with E-state index in [1.54, 1.807) is 11.1 Å². The van der Waals surface area contributed by atoms with E-state index in [1.807, 2.05) is 31.5 Å². The van der Waals surface area contributed by atoms with Crippen molar-refractivity contribution in [2.45, 2.75) is 40.7 Å². The molecule has 0 N–H and O–H groups in total. The van der Waals surface area contributed by atoms with Crippen LogP contribution in [0.5, 0.6) is 0 Å². The predicted molar refractivity (Wildman–Crippen MR) is 89.0 cm³/mol. The van der Waals surface area contributed by atoms with Crippen molar-refractivity contribution in [2.75, 3.05) is 13.1 Å². The van der Waals surface area contributed by atoms with E-state index in [2.05, 4.69) is 30.5 Å². The molecule has 0 radical (unpaired) electrons. The Kier molecular flexibility index (Phi) is 4.64. The summed E-state index contributed by atoms with van der Waals surface area (Å²) in [5.74, 6) is -0.00491. The molecule has 118 valence electrons. The van der Waals surface area contributed by atoms with Crippen molar-refractivity contribution in [3.63, 3.8) is 0 Å². The number of aryl methyl sites for hydroxylation is 1. The van der Waals surface area contributed by atoms with Crippen LogP contribution in [0.2, 0.25) is 0 Å². The Hall–Kier alpha value is -2.17. The first-order valence-electron chi connectivity index (χ1n) is 7.63. The fourth-order valence-corrected chi connectivity index (χ4v) is 2.48. The van der Waals surface area contributed by atoms with Gasteiger partial charge in [-0.1, -0.05) is 12.2 Å². The van der Waals surface area contributed by atoms with Gasteiger partial charge >= 0.3 is 0 Å². The SMILES string of the molecule is C=C(C)CN(CC)C(=O)c1cc2cnn(C(C)C)c2nc1C. The number of pyridine rings is 1. The third-order valence-electron chi connectivity index (χ3n) is 3.61. The third kappa shape index (κ3) is 3.03. The van der Waals surface area contributed by atoms with E-state index in [0.29, 0.717) is 18.7 Å². The highest BCUT2D eigenvalue weighted by Gasteiger charge is 2.19. The molecule has 0 aliphatic carbocycles. The minimum atomic E-state index is -0.00491. The molecule has 0 saturated heterocycles. The van der Waals surface area contributed by atoms with E-state index in [4.69, 9.17) is 0 Å². The quantitative estimate of drug-likeness (QED) is 0.796. The molecule has 1 amide bonds. The van der Waals surface area contributed by atoms with Crippen molar-refractivity contribution >= 4 is 16.9 Å². The van der Waals surface area contributed by atoms with Crippen LogP contribution in [0.3, 0.4) is 0 Å². The summed E-state index contributed by atoms with van der Waals surface area (Å²) >= 11 is 0. The summed E-state index contributed by atoms with van der Waals surface area (Å²) < 4.78 is 1.88.